The van der Waals surface area contributed by atoms with Crippen LogP contribution in [0.3, 0.4) is 0 Å². The Balaban J connectivity index is 1.58. The predicted octanol–water partition coefficient (Wildman–Crippen LogP) is 4.18. The Kier molecular flexibility index (Phi) is 4.96. The van der Waals surface area contributed by atoms with Crippen LogP contribution in [-0.2, 0) is 4.79 Å². The van der Waals surface area contributed by atoms with Crippen molar-refractivity contribution in [2.24, 2.45) is 0 Å². The summed E-state index contributed by atoms with van der Waals surface area (Å²) in [6, 6.07) is 18.4. The van der Waals surface area contributed by atoms with E-state index in [1.165, 1.54) is 18.4 Å². The molecule has 3 rings (SSSR count). The summed E-state index contributed by atoms with van der Waals surface area (Å²) in [4.78, 5) is 12.2. The number of benzene rings is 2. The summed E-state index contributed by atoms with van der Waals surface area (Å²) < 4.78 is 5.77. The lowest BCUT2D eigenvalue weighted by Gasteiger charge is -2.18. The number of rotatable bonds is 5. The summed E-state index contributed by atoms with van der Waals surface area (Å²) in [7, 11) is 0. The Hall–Kier alpha value is -2.29. The maximum atomic E-state index is 12.2. The maximum Gasteiger partial charge on any atom is 0.260 e. The van der Waals surface area contributed by atoms with Crippen LogP contribution in [0.15, 0.2) is 54.6 Å². The molecule has 3 heteroatoms. The van der Waals surface area contributed by atoms with Gasteiger partial charge in [-0.05, 0) is 43.0 Å². The van der Waals surface area contributed by atoms with Crippen LogP contribution in [0, 0.1) is 0 Å². The van der Waals surface area contributed by atoms with Gasteiger partial charge in [-0.1, -0.05) is 55.3 Å². The molecule has 120 valence electrons. The second-order valence-electron chi connectivity index (χ2n) is 6.14. The summed E-state index contributed by atoms with van der Waals surface area (Å²) in [6.45, 7) is 1.80. The molecule has 1 aliphatic rings. The molecule has 0 heterocycles. The average Bonchev–Trinajstić information content (AvgIpc) is 3.09. The molecule has 1 saturated carbocycles. The number of carbonyl (C=O) groups is 1. The second kappa shape index (κ2) is 7.32. The van der Waals surface area contributed by atoms with Crippen LogP contribution in [0.4, 0.5) is 0 Å². The fourth-order valence-corrected chi connectivity index (χ4v) is 3.00. The highest BCUT2D eigenvalue weighted by atomic mass is 16.5. The summed E-state index contributed by atoms with van der Waals surface area (Å²) in [6.07, 6.45) is 4.12. The van der Waals surface area contributed by atoms with Crippen molar-refractivity contribution >= 4 is 5.91 Å². The molecule has 23 heavy (non-hydrogen) atoms. The molecule has 2 aromatic carbocycles. The quantitative estimate of drug-likeness (QED) is 0.900. The molecule has 1 atom stereocenters. The Labute approximate surface area is 137 Å². The minimum atomic E-state index is -0.474. The highest BCUT2D eigenvalue weighted by Crippen LogP contribution is 2.23. The Morgan fingerprint density at radius 3 is 2.26 bits per heavy atom. The van der Waals surface area contributed by atoms with E-state index in [1.807, 2.05) is 42.5 Å². The number of nitrogens with one attached hydrogen (secondary N) is 1. The lowest BCUT2D eigenvalue weighted by molar-refractivity contribution is -0.127. The van der Waals surface area contributed by atoms with E-state index in [0.717, 1.165) is 24.2 Å². The molecule has 0 aromatic heterocycles. The van der Waals surface area contributed by atoms with Crippen LogP contribution >= 0.6 is 0 Å². The van der Waals surface area contributed by atoms with E-state index in [4.69, 9.17) is 4.74 Å². The first-order valence-electron chi connectivity index (χ1n) is 8.35. The predicted molar refractivity (Wildman–Crippen MR) is 92.4 cm³/mol. The third-order valence-electron chi connectivity index (χ3n) is 4.35. The van der Waals surface area contributed by atoms with Gasteiger partial charge >= 0.3 is 0 Å². The van der Waals surface area contributed by atoms with E-state index >= 15 is 0 Å². The highest BCUT2D eigenvalue weighted by Gasteiger charge is 2.21. The van der Waals surface area contributed by atoms with E-state index in [9.17, 15) is 4.79 Å². The number of hydrogen-bond acceptors (Lipinski definition) is 2. The zero-order valence-electron chi connectivity index (χ0n) is 13.5. The molecule has 0 spiro atoms. The molecule has 3 nitrogen and oxygen atoms in total. The Bertz CT molecular complexity index is 630. The average molecular weight is 309 g/mol. The van der Waals surface area contributed by atoms with E-state index in [0.29, 0.717) is 6.04 Å². The molecule has 0 saturated heterocycles. The Morgan fingerprint density at radius 2 is 1.61 bits per heavy atom. The van der Waals surface area contributed by atoms with Gasteiger partial charge in [0.25, 0.3) is 5.91 Å². The van der Waals surface area contributed by atoms with Crippen molar-refractivity contribution in [2.75, 3.05) is 0 Å². The van der Waals surface area contributed by atoms with Crippen LogP contribution in [0.5, 0.6) is 5.75 Å². The molecule has 1 amide bonds. The molecule has 0 radical (unpaired) electrons. The van der Waals surface area contributed by atoms with Crippen LogP contribution in [0.1, 0.15) is 32.6 Å². The first-order valence-corrected chi connectivity index (χ1v) is 8.35. The van der Waals surface area contributed by atoms with Gasteiger partial charge in [-0.2, -0.15) is 0 Å². The van der Waals surface area contributed by atoms with Crippen LogP contribution in [0.25, 0.3) is 11.1 Å². The summed E-state index contributed by atoms with van der Waals surface area (Å²) >= 11 is 0. The van der Waals surface area contributed by atoms with Crippen molar-refractivity contribution in [2.45, 2.75) is 44.8 Å². The number of ether oxygens (including phenoxy) is 1. The fourth-order valence-electron chi connectivity index (χ4n) is 3.00. The summed E-state index contributed by atoms with van der Waals surface area (Å²) in [5.41, 5.74) is 2.31. The number of hydrogen-bond donors (Lipinski definition) is 1. The van der Waals surface area contributed by atoms with Crippen molar-refractivity contribution in [3.8, 4) is 16.9 Å². The SMILES string of the molecule is CC(Oc1ccc(-c2ccccc2)cc1)C(=O)NC1CCCC1. The van der Waals surface area contributed by atoms with E-state index in [-0.39, 0.29) is 5.91 Å². The third kappa shape index (κ3) is 4.13. The Morgan fingerprint density at radius 1 is 1.00 bits per heavy atom. The largest absolute Gasteiger partial charge is 0.481 e. The normalized spacial score (nSPS) is 16.0. The first kappa shape index (κ1) is 15.6. The minimum absolute atomic E-state index is 0.0240. The van der Waals surface area contributed by atoms with E-state index < -0.39 is 6.10 Å². The van der Waals surface area contributed by atoms with Crippen LogP contribution in [0.2, 0.25) is 0 Å². The molecular weight excluding hydrogens is 286 g/mol. The molecule has 0 aliphatic heterocycles. The smallest absolute Gasteiger partial charge is 0.260 e. The lowest BCUT2D eigenvalue weighted by atomic mass is 10.1. The molecule has 0 bridgehead atoms. The van der Waals surface area contributed by atoms with Crippen LogP contribution < -0.4 is 10.1 Å². The number of amides is 1. The summed E-state index contributed by atoms with van der Waals surface area (Å²) in [5, 5.41) is 3.07. The molecule has 1 N–H and O–H groups in total. The zero-order valence-corrected chi connectivity index (χ0v) is 13.5. The topological polar surface area (TPSA) is 38.3 Å². The van der Waals surface area contributed by atoms with E-state index in [1.54, 1.807) is 6.92 Å². The third-order valence-corrected chi connectivity index (χ3v) is 4.35. The monoisotopic (exact) mass is 309 g/mol. The molecule has 1 aliphatic carbocycles. The molecular formula is C20H23NO2. The standard InChI is InChI=1S/C20H23NO2/c1-15(20(22)21-18-9-5-6-10-18)23-19-13-11-17(12-14-19)16-7-3-2-4-8-16/h2-4,7-8,11-15,18H,5-6,9-10H2,1H3,(H,21,22). The van der Waals surface area contributed by atoms with Gasteiger partial charge in [0.15, 0.2) is 6.10 Å². The van der Waals surface area contributed by atoms with Gasteiger partial charge in [-0.3, -0.25) is 4.79 Å². The second-order valence-corrected chi connectivity index (χ2v) is 6.14. The summed E-state index contributed by atoms with van der Waals surface area (Å²) in [5.74, 6) is 0.697. The molecule has 2 aromatic rings. The zero-order chi connectivity index (χ0) is 16.1. The van der Waals surface area contributed by atoms with E-state index in [2.05, 4.69) is 17.4 Å². The highest BCUT2D eigenvalue weighted by molar-refractivity contribution is 5.81. The van der Waals surface area contributed by atoms with Crippen molar-refractivity contribution in [3.63, 3.8) is 0 Å². The van der Waals surface area contributed by atoms with Crippen LogP contribution in [-0.4, -0.2) is 18.1 Å². The van der Waals surface area contributed by atoms with Gasteiger partial charge in [0.05, 0.1) is 0 Å². The van der Waals surface area contributed by atoms with Gasteiger partial charge in [-0.25, -0.2) is 0 Å². The number of carbonyl (C=O) groups excluding carboxylic acids is 1. The fraction of sp³-hybridized carbons (Fsp3) is 0.350. The van der Waals surface area contributed by atoms with Crippen molar-refractivity contribution in [3.05, 3.63) is 54.6 Å². The maximum absolute atomic E-state index is 12.2. The van der Waals surface area contributed by atoms with Gasteiger partial charge in [0.1, 0.15) is 5.75 Å². The van der Waals surface area contributed by atoms with Gasteiger partial charge in [0.2, 0.25) is 0 Å². The van der Waals surface area contributed by atoms with Gasteiger partial charge < -0.3 is 10.1 Å². The van der Waals surface area contributed by atoms with Crippen molar-refractivity contribution in [1.29, 1.82) is 0 Å². The first-order chi connectivity index (χ1) is 11.2. The lowest BCUT2D eigenvalue weighted by Crippen LogP contribution is -2.41. The molecule has 1 unspecified atom stereocenters. The van der Waals surface area contributed by atoms with Crippen molar-refractivity contribution in [1.82, 2.24) is 5.32 Å². The van der Waals surface area contributed by atoms with Crippen molar-refractivity contribution < 1.29 is 9.53 Å². The molecule has 1 fully saturated rings. The van der Waals surface area contributed by atoms with Gasteiger partial charge in [-0.15, -0.1) is 0 Å². The van der Waals surface area contributed by atoms with Gasteiger partial charge in [0, 0.05) is 6.04 Å². The minimum Gasteiger partial charge on any atom is -0.481 e.